The molecule has 2 heterocycles. The van der Waals surface area contributed by atoms with Gasteiger partial charge in [0.15, 0.2) is 0 Å². The van der Waals surface area contributed by atoms with Gasteiger partial charge in [0, 0.05) is 17.7 Å². The molecule has 1 aromatic carbocycles. The first-order valence-corrected chi connectivity index (χ1v) is 7.06. The van der Waals surface area contributed by atoms with Gasteiger partial charge in [-0.2, -0.15) is 0 Å². The Kier molecular flexibility index (Phi) is 3.12. The zero-order valence-electron chi connectivity index (χ0n) is 9.90. The second-order valence-electron chi connectivity index (χ2n) is 4.31. The zero-order valence-corrected chi connectivity index (χ0v) is 11.5. The minimum Gasteiger partial charge on any atom is -0.352 e. The molecule has 1 aliphatic rings. The van der Waals surface area contributed by atoms with Crippen molar-refractivity contribution < 1.29 is 9.59 Å². The van der Waals surface area contributed by atoms with E-state index in [0.717, 1.165) is 12.0 Å². The summed E-state index contributed by atoms with van der Waals surface area (Å²) in [5, 5.41) is 2.78. The Bertz CT molecular complexity index is 678. The fourth-order valence-corrected chi connectivity index (χ4v) is 3.14. The van der Waals surface area contributed by atoms with Crippen LogP contribution in [0.2, 0.25) is 4.34 Å². The van der Waals surface area contributed by atoms with Gasteiger partial charge in [0.2, 0.25) is 5.78 Å². The lowest BCUT2D eigenvalue weighted by atomic mass is 9.96. The van der Waals surface area contributed by atoms with E-state index >= 15 is 0 Å². The van der Waals surface area contributed by atoms with Crippen molar-refractivity contribution in [3.05, 3.63) is 56.2 Å². The summed E-state index contributed by atoms with van der Waals surface area (Å²) in [5.41, 5.74) is 2.11. The Hall–Kier alpha value is -1.65. The van der Waals surface area contributed by atoms with E-state index in [0.29, 0.717) is 26.9 Å². The highest BCUT2D eigenvalue weighted by atomic mass is 35.5. The van der Waals surface area contributed by atoms with Gasteiger partial charge in [-0.3, -0.25) is 9.59 Å². The van der Waals surface area contributed by atoms with Gasteiger partial charge in [0.25, 0.3) is 5.91 Å². The van der Waals surface area contributed by atoms with Crippen molar-refractivity contribution in [1.82, 2.24) is 5.32 Å². The van der Waals surface area contributed by atoms with Crippen LogP contribution in [0.25, 0.3) is 0 Å². The van der Waals surface area contributed by atoms with E-state index in [1.165, 1.54) is 11.3 Å². The van der Waals surface area contributed by atoms with Crippen LogP contribution in [0.1, 0.15) is 31.2 Å². The molecule has 0 spiro atoms. The van der Waals surface area contributed by atoms with Gasteiger partial charge >= 0.3 is 0 Å². The molecule has 0 atom stereocenters. The Labute approximate surface area is 119 Å². The summed E-state index contributed by atoms with van der Waals surface area (Å²) in [5.74, 6) is -0.210. The minimum atomic E-state index is -0.111. The Morgan fingerprint density at radius 2 is 2.11 bits per heavy atom. The first kappa shape index (κ1) is 12.4. The highest BCUT2D eigenvalue weighted by Gasteiger charge is 2.19. The van der Waals surface area contributed by atoms with Gasteiger partial charge in [0.05, 0.1) is 9.21 Å². The van der Waals surface area contributed by atoms with E-state index in [2.05, 4.69) is 5.32 Å². The molecule has 0 saturated carbocycles. The van der Waals surface area contributed by atoms with Gasteiger partial charge in [-0.05, 0) is 30.2 Å². The second kappa shape index (κ2) is 4.79. The van der Waals surface area contributed by atoms with Crippen molar-refractivity contribution in [2.75, 3.05) is 6.54 Å². The average Bonchev–Trinajstić information content (AvgIpc) is 2.85. The van der Waals surface area contributed by atoms with E-state index in [1.54, 1.807) is 24.3 Å². The molecule has 0 unspecified atom stereocenters. The summed E-state index contributed by atoms with van der Waals surface area (Å²) < 4.78 is 0.582. The number of carbonyl (C=O) groups is 2. The van der Waals surface area contributed by atoms with Gasteiger partial charge < -0.3 is 5.32 Å². The fourth-order valence-electron chi connectivity index (χ4n) is 2.13. The molecule has 1 aliphatic heterocycles. The van der Waals surface area contributed by atoms with Gasteiger partial charge in [0.1, 0.15) is 0 Å². The Morgan fingerprint density at radius 3 is 2.84 bits per heavy atom. The summed E-state index contributed by atoms with van der Waals surface area (Å²) in [6.45, 7) is 0.652. The summed E-state index contributed by atoms with van der Waals surface area (Å²) in [6.07, 6.45) is 0.806. The van der Waals surface area contributed by atoms with E-state index in [1.807, 2.05) is 6.07 Å². The lowest BCUT2D eigenvalue weighted by Crippen LogP contribution is -2.32. The third-order valence-corrected chi connectivity index (χ3v) is 4.32. The average molecular weight is 292 g/mol. The van der Waals surface area contributed by atoms with Crippen molar-refractivity contribution in [1.29, 1.82) is 0 Å². The van der Waals surface area contributed by atoms with Crippen molar-refractivity contribution in [2.24, 2.45) is 0 Å². The number of halogens is 1. The predicted octanol–water partition coefficient (Wildman–Crippen LogP) is 2.92. The number of thiophene rings is 1. The predicted molar refractivity (Wildman–Crippen MR) is 75.2 cm³/mol. The normalized spacial score (nSPS) is 13.8. The smallest absolute Gasteiger partial charge is 0.251 e. The summed E-state index contributed by atoms with van der Waals surface area (Å²) >= 11 is 7.08. The SMILES string of the molecule is O=C(c1ccc2c(c1)C(=O)NCC2)c1ccc(Cl)s1. The van der Waals surface area contributed by atoms with Crippen LogP contribution in [0.3, 0.4) is 0 Å². The fraction of sp³-hybridized carbons (Fsp3) is 0.143. The number of carbonyl (C=O) groups excluding carboxylic acids is 2. The quantitative estimate of drug-likeness (QED) is 0.865. The molecule has 1 aromatic heterocycles. The Morgan fingerprint density at radius 1 is 1.26 bits per heavy atom. The van der Waals surface area contributed by atoms with Crippen molar-refractivity contribution in [2.45, 2.75) is 6.42 Å². The number of amides is 1. The largest absolute Gasteiger partial charge is 0.352 e. The topological polar surface area (TPSA) is 46.2 Å². The molecular formula is C14H10ClNO2S. The first-order valence-electron chi connectivity index (χ1n) is 5.86. The molecule has 1 N–H and O–H groups in total. The maximum atomic E-state index is 12.3. The van der Waals surface area contributed by atoms with E-state index in [9.17, 15) is 9.59 Å². The molecule has 0 aliphatic carbocycles. The second-order valence-corrected chi connectivity index (χ2v) is 6.03. The van der Waals surface area contributed by atoms with Crippen LogP contribution in [-0.2, 0) is 6.42 Å². The molecule has 0 bridgehead atoms. The van der Waals surface area contributed by atoms with Crippen molar-refractivity contribution in [3.63, 3.8) is 0 Å². The van der Waals surface area contributed by atoms with E-state index in [-0.39, 0.29) is 11.7 Å². The maximum Gasteiger partial charge on any atom is 0.251 e. The van der Waals surface area contributed by atoms with Gasteiger partial charge in [-0.1, -0.05) is 23.7 Å². The summed E-state index contributed by atoms with van der Waals surface area (Å²) in [7, 11) is 0. The molecule has 0 radical (unpaired) electrons. The molecule has 0 saturated heterocycles. The molecule has 2 aromatic rings. The molecule has 3 rings (SSSR count). The van der Waals surface area contributed by atoms with Crippen LogP contribution in [0.4, 0.5) is 0 Å². The number of ketones is 1. The van der Waals surface area contributed by atoms with Crippen LogP contribution < -0.4 is 5.32 Å². The number of nitrogens with one attached hydrogen (secondary N) is 1. The Balaban J connectivity index is 2.00. The summed E-state index contributed by atoms with van der Waals surface area (Å²) in [6, 6.07) is 8.70. The highest BCUT2D eigenvalue weighted by molar-refractivity contribution is 7.18. The number of hydrogen-bond donors (Lipinski definition) is 1. The van der Waals surface area contributed by atoms with Crippen LogP contribution in [0, 0.1) is 0 Å². The molecule has 96 valence electrons. The lowest BCUT2D eigenvalue weighted by molar-refractivity contribution is 0.0946. The first-order chi connectivity index (χ1) is 9.15. The van der Waals surface area contributed by atoms with Gasteiger partial charge in [-0.25, -0.2) is 0 Å². The van der Waals surface area contributed by atoms with Gasteiger partial charge in [-0.15, -0.1) is 11.3 Å². The van der Waals surface area contributed by atoms with Crippen molar-refractivity contribution in [3.8, 4) is 0 Å². The van der Waals surface area contributed by atoms with Crippen LogP contribution >= 0.6 is 22.9 Å². The molecular weight excluding hydrogens is 282 g/mol. The zero-order chi connectivity index (χ0) is 13.4. The van der Waals surface area contributed by atoms with E-state index in [4.69, 9.17) is 11.6 Å². The number of rotatable bonds is 2. The van der Waals surface area contributed by atoms with Crippen LogP contribution in [-0.4, -0.2) is 18.2 Å². The van der Waals surface area contributed by atoms with Crippen LogP contribution in [0.15, 0.2) is 30.3 Å². The molecule has 0 fully saturated rings. The third kappa shape index (κ3) is 2.29. The maximum absolute atomic E-state index is 12.3. The number of hydrogen-bond acceptors (Lipinski definition) is 3. The monoisotopic (exact) mass is 291 g/mol. The molecule has 5 heteroatoms. The highest BCUT2D eigenvalue weighted by Crippen LogP contribution is 2.25. The molecule has 3 nitrogen and oxygen atoms in total. The molecule has 19 heavy (non-hydrogen) atoms. The lowest BCUT2D eigenvalue weighted by Gasteiger charge is -2.16. The van der Waals surface area contributed by atoms with Crippen LogP contribution in [0.5, 0.6) is 0 Å². The number of benzene rings is 1. The third-order valence-electron chi connectivity index (χ3n) is 3.09. The standard InChI is InChI=1S/C14H10ClNO2S/c15-12-4-3-11(19-12)13(17)9-2-1-8-5-6-16-14(18)10(8)7-9/h1-4,7H,5-6H2,(H,16,18). The minimum absolute atomic E-state index is 0.0990. The summed E-state index contributed by atoms with van der Waals surface area (Å²) in [4.78, 5) is 24.6. The number of fused-ring (bicyclic) bond motifs is 1. The van der Waals surface area contributed by atoms with Crippen molar-refractivity contribution >= 4 is 34.6 Å². The molecule has 1 amide bonds. The van der Waals surface area contributed by atoms with E-state index < -0.39 is 0 Å².